The average molecular weight is 675 g/mol. The van der Waals surface area contributed by atoms with Gasteiger partial charge in [-0.3, -0.25) is 9.21 Å². The van der Waals surface area contributed by atoms with Crippen LogP contribution in [0.4, 0.5) is 38.9 Å². The molecule has 0 unspecified atom stereocenters. The number of benzene rings is 2. The summed E-state index contributed by atoms with van der Waals surface area (Å²) in [6, 6.07) is 7.63. The molecule has 2 fully saturated rings. The molecule has 0 spiro atoms. The fourth-order valence-corrected chi connectivity index (χ4v) is 7.02. The van der Waals surface area contributed by atoms with Gasteiger partial charge < -0.3 is 29.9 Å². The molecule has 3 aromatic rings. The van der Waals surface area contributed by atoms with Crippen molar-refractivity contribution in [3.63, 3.8) is 0 Å². The largest absolute Gasteiger partial charge is 0.494 e. The van der Waals surface area contributed by atoms with Crippen LogP contribution in [0.15, 0.2) is 30.5 Å². The maximum atomic E-state index is 15.0. The van der Waals surface area contributed by atoms with Crippen molar-refractivity contribution < 1.29 is 22.3 Å². The van der Waals surface area contributed by atoms with Crippen LogP contribution < -0.4 is 29.3 Å². The standard InChI is InChI=1S/C31H40ClFN8O4S/c1-38-10-12-40(13-11-38)21-5-8-41(9-6-21)26-18-29(44-3)25(16-22(26)32)36-31-34-19-23(33)30(37-31)35-24-17-28-20(7-14-45-28)15-27(24)39(2)46(4,42)43/h15-19,21H,5-14H2,1-4H3,(H2,34,35,36,37). The predicted octanol–water partition coefficient (Wildman–Crippen LogP) is 4.31. The Kier molecular flexibility index (Phi) is 9.33. The lowest BCUT2D eigenvalue weighted by Gasteiger charge is -2.42. The SMILES string of the molecule is COc1cc(N2CCC(N3CCN(C)CC3)CC2)c(Cl)cc1Nc1ncc(F)c(Nc2cc3c(cc2N(C)S(C)(=O)=O)CCO3)n1. The van der Waals surface area contributed by atoms with Gasteiger partial charge in [-0.1, -0.05) is 11.6 Å². The van der Waals surface area contributed by atoms with E-state index in [0.29, 0.717) is 52.7 Å². The average Bonchev–Trinajstić information content (AvgIpc) is 3.50. The van der Waals surface area contributed by atoms with E-state index in [2.05, 4.69) is 42.3 Å². The molecule has 0 radical (unpaired) electrons. The van der Waals surface area contributed by atoms with E-state index in [1.54, 1.807) is 25.3 Å². The van der Waals surface area contributed by atoms with Crippen molar-refractivity contribution in [3.8, 4) is 11.5 Å². The molecule has 3 aliphatic rings. The fraction of sp³-hybridized carbons (Fsp3) is 0.484. The molecule has 1 aromatic heterocycles. The first-order chi connectivity index (χ1) is 22.0. The lowest BCUT2D eigenvalue weighted by atomic mass is 10.0. The number of halogens is 2. The molecule has 3 aliphatic heterocycles. The van der Waals surface area contributed by atoms with Gasteiger partial charge in [0.2, 0.25) is 16.0 Å². The van der Waals surface area contributed by atoms with Crippen molar-refractivity contribution >= 4 is 56.1 Å². The van der Waals surface area contributed by atoms with Gasteiger partial charge in [0.1, 0.15) is 11.5 Å². The number of anilines is 6. The van der Waals surface area contributed by atoms with Crippen LogP contribution in [0.2, 0.25) is 5.02 Å². The van der Waals surface area contributed by atoms with E-state index < -0.39 is 15.8 Å². The van der Waals surface area contributed by atoms with E-state index in [4.69, 9.17) is 21.1 Å². The highest BCUT2D eigenvalue weighted by Gasteiger charge is 2.28. The minimum absolute atomic E-state index is 0.0921. The zero-order valence-corrected chi connectivity index (χ0v) is 28.1. The van der Waals surface area contributed by atoms with E-state index >= 15 is 4.39 Å². The fourth-order valence-electron chi connectivity index (χ4n) is 6.23. The zero-order valence-electron chi connectivity index (χ0n) is 26.5. The van der Waals surface area contributed by atoms with Gasteiger partial charge in [0, 0.05) is 70.9 Å². The third kappa shape index (κ3) is 6.89. The highest BCUT2D eigenvalue weighted by molar-refractivity contribution is 7.92. The van der Waals surface area contributed by atoms with Crippen LogP contribution in [0.5, 0.6) is 11.5 Å². The quantitative estimate of drug-likeness (QED) is 0.338. The molecule has 248 valence electrons. The number of hydrogen-bond acceptors (Lipinski definition) is 11. The van der Waals surface area contributed by atoms with Crippen molar-refractivity contribution in [2.24, 2.45) is 0 Å². The highest BCUT2D eigenvalue weighted by Crippen LogP contribution is 2.41. The molecule has 2 saturated heterocycles. The molecule has 0 aliphatic carbocycles. The van der Waals surface area contributed by atoms with E-state index in [-0.39, 0.29) is 11.8 Å². The van der Waals surface area contributed by atoms with Crippen molar-refractivity contribution in [2.45, 2.75) is 25.3 Å². The van der Waals surface area contributed by atoms with Crippen LogP contribution >= 0.6 is 11.6 Å². The number of fused-ring (bicyclic) bond motifs is 1. The summed E-state index contributed by atoms with van der Waals surface area (Å²) in [5.74, 6) is 0.359. The van der Waals surface area contributed by atoms with Crippen LogP contribution in [0, 0.1) is 5.82 Å². The van der Waals surface area contributed by atoms with Crippen LogP contribution in [0.1, 0.15) is 18.4 Å². The molecule has 0 atom stereocenters. The first-order valence-corrected chi connectivity index (χ1v) is 17.6. The molecule has 0 amide bonds. The lowest BCUT2D eigenvalue weighted by molar-refractivity contribution is 0.0982. The second-order valence-electron chi connectivity index (χ2n) is 12.0. The van der Waals surface area contributed by atoms with Crippen LogP contribution in [0.25, 0.3) is 0 Å². The Hall–Kier alpha value is -3.59. The number of piperazine rings is 1. The molecule has 6 rings (SSSR count). The smallest absolute Gasteiger partial charge is 0.232 e. The van der Waals surface area contributed by atoms with Gasteiger partial charge in [0.15, 0.2) is 11.6 Å². The van der Waals surface area contributed by atoms with Gasteiger partial charge in [-0.05, 0) is 37.6 Å². The number of piperidine rings is 1. The molecule has 0 bridgehead atoms. The van der Waals surface area contributed by atoms with Crippen LogP contribution in [0.3, 0.4) is 0 Å². The Balaban J connectivity index is 1.20. The molecule has 0 saturated carbocycles. The maximum absolute atomic E-state index is 15.0. The van der Waals surface area contributed by atoms with E-state index in [1.165, 1.54) is 7.05 Å². The Bertz CT molecular complexity index is 1700. The monoisotopic (exact) mass is 674 g/mol. The van der Waals surface area contributed by atoms with Crippen LogP contribution in [-0.4, -0.2) is 108 Å². The molecule has 46 heavy (non-hydrogen) atoms. The minimum atomic E-state index is -3.60. The number of nitrogens with one attached hydrogen (secondary N) is 2. The minimum Gasteiger partial charge on any atom is -0.494 e. The first-order valence-electron chi connectivity index (χ1n) is 15.4. The Morgan fingerprint density at radius 1 is 1.07 bits per heavy atom. The van der Waals surface area contributed by atoms with Gasteiger partial charge in [-0.25, -0.2) is 17.8 Å². The third-order valence-corrected chi connectivity index (χ3v) is 10.5. The number of aromatic nitrogens is 2. The van der Waals surface area contributed by atoms with E-state index in [9.17, 15) is 8.42 Å². The second-order valence-corrected chi connectivity index (χ2v) is 14.4. The van der Waals surface area contributed by atoms with Crippen molar-refractivity contribution in [3.05, 3.63) is 46.9 Å². The van der Waals surface area contributed by atoms with Gasteiger partial charge in [0.25, 0.3) is 0 Å². The Morgan fingerprint density at radius 2 is 1.80 bits per heavy atom. The number of rotatable bonds is 9. The van der Waals surface area contributed by atoms with Gasteiger partial charge in [-0.15, -0.1) is 0 Å². The van der Waals surface area contributed by atoms with Gasteiger partial charge in [0.05, 0.1) is 53.9 Å². The molecular formula is C31H40ClFN8O4S. The summed E-state index contributed by atoms with van der Waals surface area (Å²) < 4.78 is 52.3. The number of sulfonamides is 1. The van der Waals surface area contributed by atoms with Crippen molar-refractivity contribution in [1.82, 2.24) is 19.8 Å². The number of likely N-dealkylation sites (N-methyl/N-ethyl adjacent to an activating group) is 1. The normalized spacial score (nSPS) is 17.8. The van der Waals surface area contributed by atoms with E-state index in [0.717, 1.165) is 80.1 Å². The first kappa shape index (κ1) is 32.4. The van der Waals surface area contributed by atoms with Gasteiger partial charge >= 0.3 is 0 Å². The van der Waals surface area contributed by atoms with Crippen molar-refractivity contribution in [1.29, 1.82) is 0 Å². The summed E-state index contributed by atoms with van der Waals surface area (Å²) in [4.78, 5) is 15.8. The number of hydrogen-bond donors (Lipinski definition) is 2. The Morgan fingerprint density at radius 3 is 2.50 bits per heavy atom. The molecule has 2 N–H and O–H groups in total. The topological polar surface area (TPSA) is 115 Å². The summed E-state index contributed by atoms with van der Waals surface area (Å²) >= 11 is 6.82. The molecule has 12 nitrogen and oxygen atoms in total. The third-order valence-electron chi connectivity index (χ3n) is 9.02. The summed E-state index contributed by atoms with van der Waals surface area (Å²) in [6.45, 7) is 6.71. The second kappa shape index (κ2) is 13.3. The summed E-state index contributed by atoms with van der Waals surface area (Å²) in [5, 5.41) is 6.60. The van der Waals surface area contributed by atoms with Crippen molar-refractivity contribution in [2.75, 3.05) is 93.2 Å². The zero-order chi connectivity index (χ0) is 32.6. The van der Waals surface area contributed by atoms with E-state index in [1.807, 2.05) is 6.07 Å². The lowest BCUT2D eigenvalue weighted by Crippen LogP contribution is -2.52. The Labute approximate surface area is 274 Å². The van der Waals surface area contributed by atoms with Crippen LogP contribution in [-0.2, 0) is 16.4 Å². The summed E-state index contributed by atoms with van der Waals surface area (Å²) in [7, 11) is 1.59. The summed E-state index contributed by atoms with van der Waals surface area (Å²) in [6.07, 6.45) is 4.93. The summed E-state index contributed by atoms with van der Waals surface area (Å²) in [5.41, 5.74) is 2.94. The highest BCUT2D eigenvalue weighted by atomic mass is 35.5. The molecule has 2 aromatic carbocycles. The van der Waals surface area contributed by atoms with Gasteiger partial charge in [-0.2, -0.15) is 4.98 Å². The maximum Gasteiger partial charge on any atom is 0.232 e. The molecule has 4 heterocycles. The number of methoxy groups -OCH3 is 1. The molecular weight excluding hydrogens is 635 g/mol. The number of ether oxygens (including phenoxy) is 2. The number of nitrogens with zero attached hydrogens (tertiary/aromatic N) is 6. The predicted molar refractivity (Wildman–Crippen MR) is 180 cm³/mol. The molecule has 15 heteroatoms.